The van der Waals surface area contributed by atoms with Gasteiger partial charge in [-0.15, -0.1) is 0 Å². The lowest BCUT2D eigenvalue weighted by Crippen LogP contribution is -2.59. The fraction of sp³-hybridized carbons (Fsp3) is 0.556. The number of hydrogen-bond donors (Lipinski definition) is 2. The van der Waals surface area contributed by atoms with E-state index in [0.29, 0.717) is 0 Å². The van der Waals surface area contributed by atoms with Crippen molar-refractivity contribution in [3.05, 3.63) is 48.1 Å². The molecule has 1 aliphatic rings. The SMILES string of the molecule is CCN1CCN(NC(C)C(O)(Cn2cncn2)c2ccc(F)cc2F)CC1. The van der Waals surface area contributed by atoms with Crippen LogP contribution in [0.2, 0.25) is 0 Å². The topological polar surface area (TPSA) is 69.4 Å². The number of benzene rings is 1. The number of aromatic nitrogens is 3. The van der Waals surface area contributed by atoms with Gasteiger partial charge in [0, 0.05) is 37.8 Å². The largest absolute Gasteiger partial charge is 0.381 e. The monoisotopic (exact) mass is 380 g/mol. The fourth-order valence-electron chi connectivity index (χ4n) is 3.43. The molecule has 27 heavy (non-hydrogen) atoms. The lowest BCUT2D eigenvalue weighted by Gasteiger charge is -2.41. The van der Waals surface area contributed by atoms with Gasteiger partial charge >= 0.3 is 0 Å². The van der Waals surface area contributed by atoms with Gasteiger partial charge in [-0.25, -0.2) is 28.9 Å². The van der Waals surface area contributed by atoms with E-state index in [2.05, 4.69) is 27.3 Å². The Morgan fingerprint density at radius 1 is 1.26 bits per heavy atom. The standard InChI is InChI=1S/C18H26F2N6O/c1-3-24-6-8-25(9-7-24)23-14(2)18(27,11-26-13-21-12-22-26)16-5-4-15(19)10-17(16)20/h4-5,10,12-14,23,27H,3,6-9,11H2,1-2H3. The Balaban J connectivity index is 1.82. The number of halogens is 2. The summed E-state index contributed by atoms with van der Waals surface area (Å²) < 4.78 is 29.3. The average Bonchev–Trinajstić information content (AvgIpc) is 3.15. The number of nitrogens with one attached hydrogen (secondary N) is 1. The second kappa shape index (κ2) is 8.39. The summed E-state index contributed by atoms with van der Waals surface area (Å²) in [6, 6.07) is 2.68. The summed E-state index contributed by atoms with van der Waals surface area (Å²) in [4.78, 5) is 6.22. The molecule has 1 aliphatic heterocycles. The smallest absolute Gasteiger partial charge is 0.137 e. The highest BCUT2D eigenvalue weighted by Gasteiger charge is 2.40. The molecule has 1 aromatic carbocycles. The van der Waals surface area contributed by atoms with Crippen molar-refractivity contribution < 1.29 is 13.9 Å². The van der Waals surface area contributed by atoms with Crippen molar-refractivity contribution in [1.29, 1.82) is 0 Å². The minimum Gasteiger partial charge on any atom is -0.381 e. The van der Waals surface area contributed by atoms with Gasteiger partial charge in [0.2, 0.25) is 0 Å². The van der Waals surface area contributed by atoms with E-state index >= 15 is 0 Å². The molecule has 2 atom stereocenters. The molecule has 2 aromatic rings. The van der Waals surface area contributed by atoms with Crippen molar-refractivity contribution in [3.63, 3.8) is 0 Å². The summed E-state index contributed by atoms with van der Waals surface area (Å²) in [7, 11) is 0. The van der Waals surface area contributed by atoms with Crippen molar-refractivity contribution in [2.24, 2.45) is 0 Å². The maximum Gasteiger partial charge on any atom is 0.137 e. The van der Waals surface area contributed by atoms with E-state index in [4.69, 9.17) is 0 Å². The summed E-state index contributed by atoms with van der Waals surface area (Å²) in [6.45, 7) is 8.32. The van der Waals surface area contributed by atoms with E-state index in [-0.39, 0.29) is 12.1 Å². The zero-order valence-electron chi connectivity index (χ0n) is 15.6. The van der Waals surface area contributed by atoms with Crippen LogP contribution in [0.3, 0.4) is 0 Å². The van der Waals surface area contributed by atoms with Crippen LogP contribution >= 0.6 is 0 Å². The molecule has 0 bridgehead atoms. The molecule has 0 saturated carbocycles. The molecule has 1 aromatic heterocycles. The Bertz CT molecular complexity index is 735. The van der Waals surface area contributed by atoms with Crippen LogP contribution in [0.15, 0.2) is 30.9 Å². The molecule has 0 spiro atoms. The average molecular weight is 380 g/mol. The van der Waals surface area contributed by atoms with Crippen molar-refractivity contribution in [1.82, 2.24) is 30.1 Å². The molecular weight excluding hydrogens is 354 g/mol. The molecule has 0 aliphatic carbocycles. The Hall–Kier alpha value is -1.94. The summed E-state index contributed by atoms with van der Waals surface area (Å²) >= 11 is 0. The van der Waals surface area contributed by atoms with Crippen LogP contribution in [0.5, 0.6) is 0 Å². The van der Waals surface area contributed by atoms with Gasteiger partial charge in [0.15, 0.2) is 0 Å². The van der Waals surface area contributed by atoms with Crippen molar-refractivity contribution in [3.8, 4) is 0 Å². The minimum atomic E-state index is -1.65. The van der Waals surface area contributed by atoms with E-state index in [9.17, 15) is 13.9 Å². The van der Waals surface area contributed by atoms with E-state index in [0.717, 1.165) is 44.9 Å². The normalized spacial score (nSPS) is 19.7. The van der Waals surface area contributed by atoms with E-state index in [1.54, 1.807) is 6.92 Å². The number of piperazine rings is 1. The van der Waals surface area contributed by atoms with Gasteiger partial charge < -0.3 is 10.0 Å². The zero-order chi connectivity index (χ0) is 19.4. The third kappa shape index (κ3) is 4.49. The van der Waals surface area contributed by atoms with Gasteiger partial charge in [0.1, 0.15) is 29.9 Å². The molecule has 2 unspecified atom stereocenters. The molecule has 3 rings (SSSR count). The van der Waals surface area contributed by atoms with E-state index < -0.39 is 23.3 Å². The number of aliphatic hydroxyl groups is 1. The zero-order valence-corrected chi connectivity index (χ0v) is 15.6. The van der Waals surface area contributed by atoms with Crippen molar-refractivity contribution in [2.45, 2.75) is 32.0 Å². The molecular formula is C18H26F2N6O. The second-order valence-electron chi connectivity index (χ2n) is 6.91. The Morgan fingerprint density at radius 3 is 2.59 bits per heavy atom. The molecule has 148 valence electrons. The molecule has 2 N–H and O–H groups in total. The molecule has 1 saturated heterocycles. The minimum absolute atomic E-state index is 0.0152. The number of hydrogen-bond acceptors (Lipinski definition) is 6. The molecule has 2 heterocycles. The summed E-state index contributed by atoms with van der Waals surface area (Å²) in [5, 5.41) is 17.5. The van der Waals surface area contributed by atoms with Gasteiger partial charge in [0.25, 0.3) is 0 Å². The van der Waals surface area contributed by atoms with Crippen LogP contribution in [0, 0.1) is 11.6 Å². The molecule has 1 fully saturated rings. The third-order valence-electron chi connectivity index (χ3n) is 5.18. The fourth-order valence-corrected chi connectivity index (χ4v) is 3.43. The first-order valence-corrected chi connectivity index (χ1v) is 9.16. The van der Waals surface area contributed by atoms with Crippen LogP contribution in [-0.2, 0) is 12.1 Å². The van der Waals surface area contributed by atoms with Gasteiger partial charge in [-0.2, -0.15) is 5.10 Å². The van der Waals surface area contributed by atoms with E-state index in [1.165, 1.54) is 23.4 Å². The maximum absolute atomic E-state index is 14.5. The number of rotatable bonds is 7. The highest BCUT2D eigenvalue weighted by molar-refractivity contribution is 5.27. The molecule has 9 heteroatoms. The van der Waals surface area contributed by atoms with Crippen molar-refractivity contribution in [2.75, 3.05) is 32.7 Å². The molecule has 0 amide bonds. The summed E-state index contributed by atoms with van der Waals surface area (Å²) in [5.74, 6) is -1.47. The molecule has 0 radical (unpaired) electrons. The summed E-state index contributed by atoms with van der Waals surface area (Å²) in [6.07, 6.45) is 2.81. The first-order valence-electron chi connectivity index (χ1n) is 9.16. The number of likely N-dealkylation sites (N-methyl/N-ethyl adjacent to an activating group) is 1. The highest BCUT2D eigenvalue weighted by Crippen LogP contribution is 2.30. The van der Waals surface area contributed by atoms with Crippen LogP contribution in [0.25, 0.3) is 0 Å². The van der Waals surface area contributed by atoms with Crippen molar-refractivity contribution >= 4 is 0 Å². The number of nitrogens with zero attached hydrogens (tertiary/aromatic N) is 5. The second-order valence-corrected chi connectivity index (χ2v) is 6.91. The van der Waals surface area contributed by atoms with Crippen LogP contribution in [-0.4, -0.2) is 68.5 Å². The van der Waals surface area contributed by atoms with Crippen LogP contribution < -0.4 is 5.43 Å². The first kappa shape index (κ1) is 19.8. The van der Waals surface area contributed by atoms with Crippen LogP contribution in [0.1, 0.15) is 19.4 Å². The Labute approximate surface area is 157 Å². The van der Waals surface area contributed by atoms with Gasteiger partial charge in [-0.3, -0.25) is 0 Å². The highest BCUT2D eigenvalue weighted by atomic mass is 19.1. The van der Waals surface area contributed by atoms with E-state index in [1.807, 2.05) is 5.01 Å². The third-order valence-corrected chi connectivity index (χ3v) is 5.18. The molecule has 7 nitrogen and oxygen atoms in total. The van der Waals surface area contributed by atoms with Crippen LogP contribution in [0.4, 0.5) is 8.78 Å². The van der Waals surface area contributed by atoms with Gasteiger partial charge in [-0.05, 0) is 19.5 Å². The van der Waals surface area contributed by atoms with Gasteiger partial charge in [0.05, 0.1) is 12.6 Å². The number of hydrazine groups is 1. The summed E-state index contributed by atoms with van der Waals surface area (Å²) in [5.41, 5.74) is 1.67. The predicted molar refractivity (Wildman–Crippen MR) is 96.6 cm³/mol. The Morgan fingerprint density at radius 2 is 2.00 bits per heavy atom. The lowest BCUT2D eigenvalue weighted by atomic mass is 9.86. The lowest BCUT2D eigenvalue weighted by molar-refractivity contribution is -0.0515. The predicted octanol–water partition coefficient (Wildman–Crippen LogP) is 0.975. The first-order chi connectivity index (χ1) is 12.9. The van der Waals surface area contributed by atoms with Gasteiger partial charge in [-0.1, -0.05) is 13.0 Å². The maximum atomic E-state index is 14.5. The quantitative estimate of drug-likeness (QED) is 0.746. The Kier molecular flexibility index (Phi) is 6.15.